The average Bonchev–Trinajstić information content (AvgIpc) is 2.47. The lowest BCUT2D eigenvalue weighted by Gasteiger charge is -2.42. The Balaban J connectivity index is 2.12. The molecule has 3 atom stereocenters. The van der Waals surface area contributed by atoms with E-state index in [1.54, 1.807) is 18.0 Å². The highest BCUT2D eigenvalue weighted by Crippen LogP contribution is 2.44. The Morgan fingerprint density at radius 2 is 2.24 bits per heavy atom. The predicted molar refractivity (Wildman–Crippen MR) is 88.8 cm³/mol. The molecule has 1 aliphatic rings. The molecule has 0 saturated heterocycles. The van der Waals surface area contributed by atoms with Gasteiger partial charge in [0.1, 0.15) is 0 Å². The SMILES string of the molecule is CCC(C)(C)C1CCC(NC)C(Sc2nccc(=O)[nH]2)C1. The summed E-state index contributed by atoms with van der Waals surface area (Å²) < 4.78 is 0. The second-order valence-corrected chi connectivity index (χ2v) is 7.87. The van der Waals surface area contributed by atoms with Crippen molar-refractivity contribution in [2.24, 2.45) is 11.3 Å². The lowest BCUT2D eigenvalue weighted by molar-refractivity contribution is 0.142. The summed E-state index contributed by atoms with van der Waals surface area (Å²) in [7, 11) is 2.03. The summed E-state index contributed by atoms with van der Waals surface area (Å²) in [6.45, 7) is 7.03. The van der Waals surface area contributed by atoms with Crippen LogP contribution in [0.2, 0.25) is 0 Å². The van der Waals surface area contributed by atoms with E-state index < -0.39 is 0 Å². The van der Waals surface area contributed by atoms with Gasteiger partial charge in [0.05, 0.1) is 0 Å². The Morgan fingerprint density at radius 1 is 1.48 bits per heavy atom. The Hall–Kier alpha value is -0.810. The molecule has 21 heavy (non-hydrogen) atoms. The molecule has 118 valence electrons. The third-order valence-electron chi connectivity index (χ3n) is 5.09. The van der Waals surface area contributed by atoms with Crippen molar-refractivity contribution in [3.63, 3.8) is 0 Å². The monoisotopic (exact) mass is 309 g/mol. The molecular weight excluding hydrogens is 282 g/mol. The van der Waals surface area contributed by atoms with Crippen LogP contribution in [0.15, 0.2) is 22.2 Å². The normalized spacial score (nSPS) is 26.8. The van der Waals surface area contributed by atoms with Crippen LogP contribution in [0.5, 0.6) is 0 Å². The van der Waals surface area contributed by atoms with Crippen molar-refractivity contribution in [3.05, 3.63) is 22.6 Å². The number of rotatable bonds is 5. The van der Waals surface area contributed by atoms with Crippen LogP contribution in [0.4, 0.5) is 0 Å². The van der Waals surface area contributed by atoms with Gasteiger partial charge in [0.15, 0.2) is 5.16 Å². The number of nitrogens with one attached hydrogen (secondary N) is 2. The molecule has 3 unspecified atom stereocenters. The molecule has 1 aromatic rings. The van der Waals surface area contributed by atoms with Crippen molar-refractivity contribution in [2.75, 3.05) is 7.05 Å². The number of hydrogen-bond donors (Lipinski definition) is 2. The first kappa shape index (κ1) is 16.6. The van der Waals surface area contributed by atoms with Crippen LogP contribution in [-0.2, 0) is 0 Å². The van der Waals surface area contributed by atoms with E-state index in [2.05, 4.69) is 36.1 Å². The molecule has 0 spiro atoms. The summed E-state index contributed by atoms with van der Waals surface area (Å²) in [5.74, 6) is 0.736. The maximum Gasteiger partial charge on any atom is 0.251 e. The highest BCUT2D eigenvalue weighted by Gasteiger charge is 2.37. The molecule has 0 aromatic carbocycles. The van der Waals surface area contributed by atoms with Crippen LogP contribution in [-0.4, -0.2) is 28.3 Å². The minimum Gasteiger partial charge on any atom is -0.316 e. The van der Waals surface area contributed by atoms with Gasteiger partial charge in [0.25, 0.3) is 5.56 Å². The minimum atomic E-state index is -0.0743. The number of nitrogens with zero attached hydrogens (tertiary/aromatic N) is 1. The molecule has 2 N–H and O–H groups in total. The first-order chi connectivity index (χ1) is 9.96. The smallest absolute Gasteiger partial charge is 0.251 e. The van der Waals surface area contributed by atoms with Crippen LogP contribution >= 0.6 is 11.8 Å². The third kappa shape index (κ3) is 4.10. The second kappa shape index (κ2) is 6.97. The number of hydrogen-bond acceptors (Lipinski definition) is 4. The average molecular weight is 309 g/mol. The first-order valence-electron chi connectivity index (χ1n) is 7.85. The Morgan fingerprint density at radius 3 is 2.86 bits per heavy atom. The van der Waals surface area contributed by atoms with E-state index in [4.69, 9.17) is 0 Å². The number of aromatic amines is 1. The van der Waals surface area contributed by atoms with E-state index in [1.165, 1.54) is 31.7 Å². The third-order valence-corrected chi connectivity index (χ3v) is 6.34. The zero-order chi connectivity index (χ0) is 15.5. The molecule has 0 aliphatic heterocycles. The lowest BCUT2D eigenvalue weighted by Crippen LogP contribution is -2.43. The van der Waals surface area contributed by atoms with E-state index >= 15 is 0 Å². The summed E-state index contributed by atoms with van der Waals surface area (Å²) in [5, 5.41) is 4.64. The molecule has 1 fully saturated rings. The number of aromatic nitrogens is 2. The van der Waals surface area contributed by atoms with Crippen molar-refractivity contribution >= 4 is 11.8 Å². The summed E-state index contributed by atoms with van der Waals surface area (Å²) in [6, 6.07) is 1.95. The highest BCUT2D eigenvalue weighted by atomic mass is 32.2. The fourth-order valence-corrected chi connectivity index (χ4v) is 4.48. The van der Waals surface area contributed by atoms with Crippen molar-refractivity contribution in [2.45, 2.75) is 62.9 Å². The van der Waals surface area contributed by atoms with Gasteiger partial charge in [-0.3, -0.25) is 4.79 Å². The Kier molecular flexibility index (Phi) is 5.49. The fraction of sp³-hybridized carbons (Fsp3) is 0.750. The van der Waals surface area contributed by atoms with Gasteiger partial charge in [-0.15, -0.1) is 0 Å². The van der Waals surface area contributed by atoms with E-state index in [9.17, 15) is 4.79 Å². The Labute approximate surface area is 131 Å². The fourth-order valence-electron chi connectivity index (χ4n) is 3.14. The summed E-state index contributed by atoms with van der Waals surface area (Å²) in [6.07, 6.45) is 6.45. The second-order valence-electron chi connectivity index (χ2n) is 6.64. The predicted octanol–water partition coefficient (Wildman–Crippen LogP) is 3.05. The summed E-state index contributed by atoms with van der Waals surface area (Å²) in [4.78, 5) is 18.6. The van der Waals surface area contributed by atoms with Crippen LogP contribution in [0.25, 0.3) is 0 Å². The molecule has 1 heterocycles. The minimum absolute atomic E-state index is 0.0743. The number of thioether (sulfide) groups is 1. The van der Waals surface area contributed by atoms with Gasteiger partial charge in [-0.05, 0) is 37.6 Å². The molecular formula is C16H27N3OS. The molecule has 0 amide bonds. The van der Waals surface area contributed by atoms with Crippen molar-refractivity contribution < 1.29 is 0 Å². The summed E-state index contributed by atoms with van der Waals surface area (Å²) in [5.41, 5.74) is 0.310. The molecule has 5 heteroatoms. The van der Waals surface area contributed by atoms with E-state index in [-0.39, 0.29) is 5.56 Å². The van der Waals surface area contributed by atoms with Gasteiger partial charge < -0.3 is 10.3 Å². The molecule has 0 bridgehead atoms. The van der Waals surface area contributed by atoms with Crippen molar-refractivity contribution in [3.8, 4) is 0 Å². The molecule has 2 rings (SSSR count). The topological polar surface area (TPSA) is 57.8 Å². The van der Waals surface area contributed by atoms with E-state index in [0.29, 0.717) is 16.7 Å². The lowest BCUT2D eigenvalue weighted by atomic mass is 9.68. The number of H-pyrrole nitrogens is 1. The zero-order valence-electron chi connectivity index (χ0n) is 13.5. The molecule has 1 saturated carbocycles. The summed E-state index contributed by atoms with van der Waals surface area (Å²) >= 11 is 1.71. The standard InChI is InChI=1S/C16H27N3OS/c1-5-16(2,3)11-6-7-12(17-4)13(10-11)21-15-18-9-8-14(20)19-15/h8-9,11-13,17H,5-7,10H2,1-4H3,(H,18,19,20). The van der Waals surface area contributed by atoms with Gasteiger partial charge in [0.2, 0.25) is 0 Å². The highest BCUT2D eigenvalue weighted by molar-refractivity contribution is 7.99. The zero-order valence-corrected chi connectivity index (χ0v) is 14.3. The largest absolute Gasteiger partial charge is 0.316 e. The van der Waals surface area contributed by atoms with Gasteiger partial charge >= 0.3 is 0 Å². The molecule has 1 aromatic heterocycles. The van der Waals surface area contributed by atoms with Crippen molar-refractivity contribution in [1.82, 2.24) is 15.3 Å². The first-order valence-corrected chi connectivity index (χ1v) is 8.73. The van der Waals surface area contributed by atoms with Crippen LogP contribution in [0.3, 0.4) is 0 Å². The molecule has 4 nitrogen and oxygen atoms in total. The van der Waals surface area contributed by atoms with Gasteiger partial charge in [-0.1, -0.05) is 39.0 Å². The molecule has 0 radical (unpaired) electrons. The van der Waals surface area contributed by atoms with Crippen LogP contribution in [0, 0.1) is 11.3 Å². The maximum atomic E-state index is 11.4. The van der Waals surface area contributed by atoms with E-state index in [1.807, 2.05) is 7.05 Å². The molecule has 1 aliphatic carbocycles. The Bertz CT molecular complexity index is 514. The van der Waals surface area contributed by atoms with E-state index in [0.717, 1.165) is 11.1 Å². The quantitative estimate of drug-likeness (QED) is 0.821. The van der Waals surface area contributed by atoms with Gasteiger partial charge in [0, 0.05) is 23.6 Å². The maximum absolute atomic E-state index is 11.4. The van der Waals surface area contributed by atoms with Crippen LogP contribution < -0.4 is 10.9 Å². The van der Waals surface area contributed by atoms with Crippen molar-refractivity contribution in [1.29, 1.82) is 0 Å². The van der Waals surface area contributed by atoms with Gasteiger partial charge in [-0.25, -0.2) is 4.98 Å². The van der Waals surface area contributed by atoms with Crippen LogP contribution in [0.1, 0.15) is 46.5 Å². The van der Waals surface area contributed by atoms with Gasteiger partial charge in [-0.2, -0.15) is 0 Å².